The van der Waals surface area contributed by atoms with Crippen LogP contribution in [0.2, 0.25) is 0 Å². The van der Waals surface area contributed by atoms with Gasteiger partial charge in [0.05, 0.1) is 11.5 Å². The van der Waals surface area contributed by atoms with Crippen LogP contribution in [0.3, 0.4) is 0 Å². The van der Waals surface area contributed by atoms with Gasteiger partial charge in [0.2, 0.25) is 0 Å². The number of hydrogen-bond donors (Lipinski definition) is 1. The third-order valence-corrected chi connectivity index (χ3v) is 3.94. The molecule has 136 valence electrons. The van der Waals surface area contributed by atoms with Gasteiger partial charge < -0.3 is 19.6 Å². The monoisotopic (exact) mass is 356 g/mol. The van der Waals surface area contributed by atoms with E-state index < -0.39 is 5.82 Å². The SMILES string of the molecule is C=C(C)OCc1cc(-c2ccnc(CN)c2F)c2oc(COC)cc2c1. The quantitative estimate of drug-likeness (QED) is 0.640. The molecule has 5 nitrogen and oxygen atoms in total. The molecule has 3 aromatic rings. The second-order valence-electron chi connectivity index (χ2n) is 6.02. The molecule has 0 spiro atoms. The first-order chi connectivity index (χ1) is 12.5. The zero-order chi connectivity index (χ0) is 18.7. The number of ether oxygens (including phenoxy) is 2. The number of methoxy groups -OCH3 is 1. The number of aromatic nitrogens is 1. The minimum absolute atomic E-state index is 0.0222. The number of rotatable bonds is 7. The Hall–Kier alpha value is -2.70. The number of allylic oxidation sites excluding steroid dienone is 1. The highest BCUT2D eigenvalue weighted by atomic mass is 19.1. The summed E-state index contributed by atoms with van der Waals surface area (Å²) in [5, 5.41) is 0.848. The van der Waals surface area contributed by atoms with Crippen molar-refractivity contribution in [3.8, 4) is 11.1 Å². The smallest absolute Gasteiger partial charge is 0.153 e. The molecule has 6 heteroatoms. The topological polar surface area (TPSA) is 70.5 Å². The predicted octanol–water partition coefficient (Wildman–Crippen LogP) is 4.29. The Morgan fingerprint density at radius 1 is 1.27 bits per heavy atom. The van der Waals surface area contributed by atoms with Crippen LogP contribution in [0, 0.1) is 5.82 Å². The van der Waals surface area contributed by atoms with Crippen molar-refractivity contribution >= 4 is 11.0 Å². The summed E-state index contributed by atoms with van der Waals surface area (Å²) in [6.07, 6.45) is 1.54. The molecule has 0 aliphatic heterocycles. The molecule has 0 unspecified atom stereocenters. The average molecular weight is 356 g/mol. The van der Waals surface area contributed by atoms with E-state index in [1.807, 2.05) is 18.2 Å². The normalized spacial score (nSPS) is 11.1. The third-order valence-electron chi connectivity index (χ3n) is 3.94. The summed E-state index contributed by atoms with van der Waals surface area (Å²) in [7, 11) is 1.59. The van der Waals surface area contributed by atoms with Crippen molar-refractivity contribution in [3.05, 3.63) is 65.6 Å². The summed E-state index contributed by atoms with van der Waals surface area (Å²) in [5.41, 5.74) is 8.29. The molecule has 0 radical (unpaired) electrons. The fourth-order valence-corrected chi connectivity index (χ4v) is 2.81. The van der Waals surface area contributed by atoms with Crippen molar-refractivity contribution in [3.63, 3.8) is 0 Å². The Balaban J connectivity index is 2.19. The molecule has 0 aliphatic rings. The molecule has 0 saturated carbocycles. The molecule has 2 heterocycles. The Labute approximate surface area is 151 Å². The largest absolute Gasteiger partial charge is 0.494 e. The molecule has 2 N–H and O–H groups in total. The third kappa shape index (κ3) is 3.61. The number of nitrogens with two attached hydrogens (primary N) is 1. The molecule has 0 atom stereocenters. The van der Waals surface area contributed by atoms with E-state index >= 15 is 0 Å². The lowest BCUT2D eigenvalue weighted by molar-refractivity contribution is 0.166. The number of nitrogens with zero attached hydrogens (tertiary/aromatic N) is 1. The number of benzene rings is 1. The van der Waals surface area contributed by atoms with Gasteiger partial charge in [0.1, 0.15) is 24.6 Å². The van der Waals surface area contributed by atoms with Gasteiger partial charge in [-0.15, -0.1) is 0 Å². The van der Waals surface area contributed by atoms with Crippen molar-refractivity contribution in [2.24, 2.45) is 5.73 Å². The van der Waals surface area contributed by atoms with Gasteiger partial charge in [0.25, 0.3) is 0 Å². The standard InChI is InChI=1S/C20H21FN2O3/c1-12(2)25-10-13-6-14-8-15(11-24-3)26-20(14)17(7-13)16-4-5-23-18(9-22)19(16)21/h4-8H,1,9-11,22H2,2-3H3. The molecule has 0 saturated heterocycles. The van der Waals surface area contributed by atoms with Crippen LogP contribution in [0.15, 0.2) is 47.2 Å². The van der Waals surface area contributed by atoms with Gasteiger partial charge in [0.15, 0.2) is 5.82 Å². The van der Waals surface area contributed by atoms with Gasteiger partial charge in [-0.1, -0.05) is 6.58 Å². The molecule has 2 aromatic heterocycles. The fourth-order valence-electron chi connectivity index (χ4n) is 2.81. The van der Waals surface area contributed by atoms with Gasteiger partial charge in [-0.3, -0.25) is 4.98 Å². The van der Waals surface area contributed by atoms with E-state index in [0.717, 1.165) is 10.9 Å². The van der Waals surface area contributed by atoms with Gasteiger partial charge in [-0.25, -0.2) is 4.39 Å². The first-order valence-electron chi connectivity index (χ1n) is 8.20. The predicted molar refractivity (Wildman–Crippen MR) is 97.6 cm³/mol. The number of pyridine rings is 1. The lowest BCUT2D eigenvalue weighted by Gasteiger charge is -2.11. The van der Waals surface area contributed by atoms with E-state index in [-0.39, 0.29) is 12.2 Å². The van der Waals surface area contributed by atoms with Crippen LogP contribution < -0.4 is 5.73 Å². The fraction of sp³-hybridized carbons (Fsp3) is 0.250. The van der Waals surface area contributed by atoms with Crippen molar-refractivity contribution in [2.75, 3.05) is 7.11 Å². The first kappa shape index (κ1) is 18.1. The summed E-state index contributed by atoms with van der Waals surface area (Å²) in [6.45, 7) is 6.21. The molecule has 0 amide bonds. The number of hydrogen-bond acceptors (Lipinski definition) is 5. The Bertz CT molecular complexity index is 950. The maximum Gasteiger partial charge on any atom is 0.153 e. The molecule has 3 rings (SSSR count). The molecule has 1 aromatic carbocycles. The van der Waals surface area contributed by atoms with Crippen molar-refractivity contribution in [2.45, 2.75) is 26.7 Å². The van der Waals surface area contributed by atoms with E-state index in [1.54, 1.807) is 26.3 Å². The lowest BCUT2D eigenvalue weighted by atomic mass is 10.00. The van der Waals surface area contributed by atoms with Crippen LogP contribution in [0.1, 0.15) is 23.9 Å². The van der Waals surface area contributed by atoms with Crippen molar-refractivity contribution in [1.29, 1.82) is 0 Å². The van der Waals surface area contributed by atoms with Gasteiger partial charge in [-0.05, 0) is 36.8 Å². The van der Waals surface area contributed by atoms with E-state index in [1.165, 1.54) is 0 Å². The van der Waals surface area contributed by atoms with Gasteiger partial charge in [-0.2, -0.15) is 0 Å². The van der Waals surface area contributed by atoms with E-state index in [9.17, 15) is 4.39 Å². The van der Waals surface area contributed by atoms with Gasteiger partial charge >= 0.3 is 0 Å². The molecule has 0 fully saturated rings. The van der Waals surface area contributed by atoms with E-state index in [0.29, 0.717) is 41.4 Å². The zero-order valence-corrected chi connectivity index (χ0v) is 14.8. The average Bonchev–Trinajstić information content (AvgIpc) is 3.02. The Morgan fingerprint density at radius 2 is 2.08 bits per heavy atom. The molecular formula is C20H21FN2O3. The Kier molecular flexibility index (Phi) is 5.35. The molecule has 0 bridgehead atoms. The summed E-state index contributed by atoms with van der Waals surface area (Å²) in [4.78, 5) is 3.99. The van der Waals surface area contributed by atoms with E-state index in [2.05, 4.69) is 11.6 Å². The zero-order valence-electron chi connectivity index (χ0n) is 14.8. The molecule has 0 aliphatic carbocycles. The minimum atomic E-state index is -0.445. The number of halogens is 1. The molecule has 26 heavy (non-hydrogen) atoms. The summed E-state index contributed by atoms with van der Waals surface area (Å²) < 4.78 is 31.4. The van der Waals surface area contributed by atoms with Crippen LogP contribution >= 0.6 is 0 Å². The second kappa shape index (κ2) is 7.68. The van der Waals surface area contributed by atoms with Crippen molar-refractivity contribution in [1.82, 2.24) is 4.98 Å². The van der Waals surface area contributed by atoms with E-state index in [4.69, 9.17) is 19.6 Å². The highest BCUT2D eigenvalue weighted by Crippen LogP contribution is 2.35. The minimum Gasteiger partial charge on any atom is -0.494 e. The molecular weight excluding hydrogens is 335 g/mol. The summed E-state index contributed by atoms with van der Waals surface area (Å²) >= 11 is 0. The van der Waals surface area contributed by atoms with Crippen LogP contribution in [-0.2, 0) is 29.2 Å². The van der Waals surface area contributed by atoms with Crippen LogP contribution in [-0.4, -0.2) is 12.1 Å². The van der Waals surface area contributed by atoms with Crippen molar-refractivity contribution < 1.29 is 18.3 Å². The lowest BCUT2D eigenvalue weighted by Crippen LogP contribution is -2.04. The Morgan fingerprint density at radius 3 is 2.77 bits per heavy atom. The summed E-state index contributed by atoms with van der Waals surface area (Å²) in [5.74, 6) is 0.827. The maximum absolute atomic E-state index is 14.8. The number of fused-ring (bicyclic) bond motifs is 1. The van der Waals surface area contributed by atoms with Crippen LogP contribution in [0.5, 0.6) is 0 Å². The highest BCUT2D eigenvalue weighted by molar-refractivity contribution is 5.93. The maximum atomic E-state index is 14.8. The van der Waals surface area contributed by atoms with Gasteiger partial charge in [0, 0.05) is 36.4 Å². The highest BCUT2D eigenvalue weighted by Gasteiger charge is 2.17. The van der Waals surface area contributed by atoms with Crippen LogP contribution in [0.4, 0.5) is 4.39 Å². The summed E-state index contributed by atoms with van der Waals surface area (Å²) in [6, 6.07) is 7.30. The van der Waals surface area contributed by atoms with Crippen LogP contribution in [0.25, 0.3) is 22.1 Å². The first-order valence-corrected chi connectivity index (χ1v) is 8.20. The number of furan rings is 1. The second-order valence-corrected chi connectivity index (χ2v) is 6.02.